The molecule has 26 heavy (non-hydrogen) atoms. The van der Waals surface area contributed by atoms with Gasteiger partial charge < -0.3 is 16.0 Å². The number of anilines is 1. The quantitative estimate of drug-likeness (QED) is 0.816. The second-order valence-electron chi connectivity index (χ2n) is 6.33. The van der Waals surface area contributed by atoms with Crippen molar-refractivity contribution in [3.05, 3.63) is 65.7 Å². The Morgan fingerprint density at radius 3 is 2.54 bits per heavy atom. The Hall–Kier alpha value is -2.37. The monoisotopic (exact) mass is 373 g/mol. The molecule has 5 nitrogen and oxygen atoms in total. The van der Waals surface area contributed by atoms with Gasteiger partial charge in [0.05, 0.1) is 6.04 Å². The minimum Gasteiger partial charge on any atom is -0.351 e. The van der Waals surface area contributed by atoms with Crippen molar-refractivity contribution in [3.8, 4) is 0 Å². The molecule has 0 aliphatic carbocycles. The fourth-order valence-corrected chi connectivity index (χ4v) is 3.04. The van der Waals surface area contributed by atoms with Crippen LogP contribution in [0.2, 0.25) is 0 Å². The largest absolute Gasteiger partial charge is 0.351 e. The van der Waals surface area contributed by atoms with Crippen molar-refractivity contribution in [3.63, 3.8) is 0 Å². The lowest BCUT2D eigenvalue weighted by Crippen LogP contribution is -2.41. The molecule has 1 aliphatic rings. The molecule has 0 saturated carbocycles. The van der Waals surface area contributed by atoms with E-state index in [4.69, 9.17) is 5.73 Å². The summed E-state index contributed by atoms with van der Waals surface area (Å²) in [5.74, 6) is -0.0161. The van der Waals surface area contributed by atoms with E-state index in [9.17, 15) is 9.59 Å². The Bertz CT molecular complexity index is 752. The van der Waals surface area contributed by atoms with Gasteiger partial charge in [0.25, 0.3) is 0 Å². The summed E-state index contributed by atoms with van der Waals surface area (Å²) in [6.45, 7) is 1.16. The number of amides is 2. The van der Waals surface area contributed by atoms with Crippen LogP contribution in [0.15, 0.2) is 54.6 Å². The molecular formula is C20H24ClN3O2. The molecule has 2 amide bonds. The molecule has 3 rings (SSSR count). The zero-order valence-corrected chi connectivity index (χ0v) is 15.4. The van der Waals surface area contributed by atoms with Gasteiger partial charge in [-0.3, -0.25) is 9.59 Å². The second kappa shape index (κ2) is 9.36. The zero-order chi connectivity index (χ0) is 17.6. The first-order chi connectivity index (χ1) is 12.1. The van der Waals surface area contributed by atoms with Gasteiger partial charge in [0, 0.05) is 25.2 Å². The van der Waals surface area contributed by atoms with Crippen molar-refractivity contribution < 1.29 is 9.59 Å². The lowest BCUT2D eigenvalue weighted by Gasteiger charge is -2.17. The van der Waals surface area contributed by atoms with E-state index in [1.54, 1.807) is 4.90 Å². The van der Waals surface area contributed by atoms with E-state index >= 15 is 0 Å². The van der Waals surface area contributed by atoms with Gasteiger partial charge in [-0.25, -0.2) is 0 Å². The minimum atomic E-state index is -0.578. The number of rotatable bonds is 6. The van der Waals surface area contributed by atoms with Crippen LogP contribution in [0.25, 0.3) is 0 Å². The fourth-order valence-electron chi connectivity index (χ4n) is 3.04. The first-order valence-corrected chi connectivity index (χ1v) is 8.60. The Balaban J connectivity index is 0.00000243. The first kappa shape index (κ1) is 19.9. The SMILES string of the molecule is Cl.NC(Cc1ccccc1)C(=O)NCc1cccc(N2CCCC2=O)c1. The molecule has 1 heterocycles. The second-order valence-corrected chi connectivity index (χ2v) is 6.33. The van der Waals surface area contributed by atoms with E-state index in [0.717, 1.165) is 29.8 Å². The Labute approximate surface area is 160 Å². The van der Waals surface area contributed by atoms with Crippen LogP contribution < -0.4 is 16.0 Å². The Kier molecular flexibility index (Phi) is 7.18. The van der Waals surface area contributed by atoms with Gasteiger partial charge in [-0.2, -0.15) is 0 Å². The average molecular weight is 374 g/mol. The summed E-state index contributed by atoms with van der Waals surface area (Å²) < 4.78 is 0. The van der Waals surface area contributed by atoms with Gasteiger partial charge >= 0.3 is 0 Å². The molecule has 0 spiro atoms. The van der Waals surface area contributed by atoms with E-state index in [2.05, 4.69) is 5.32 Å². The molecule has 1 fully saturated rings. The van der Waals surface area contributed by atoms with Crippen LogP contribution >= 0.6 is 12.4 Å². The van der Waals surface area contributed by atoms with E-state index in [0.29, 0.717) is 19.4 Å². The van der Waals surface area contributed by atoms with Crippen molar-refractivity contribution in [1.82, 2.24) is 5.32 Å². The summed E-state index contributed by atoms with van der Waals surface area (Å²) in [6.07, 6.45) is 2.01. The molecule has 1 aliphatic heterocycles. The van der Waals surface area contributed by atoms with Crippen molar-refractivity contribution in [2.75, 3.05) is 11.4 Å². The number of carbonyl (C=O) groups excluding carboxylic acids is 2. The van der Waals surface area contributed by atoms with Crippen LogP contribution in [0.5, 0.6) is 0 Å². The maximum atomic E-state index is 12.2. The molecule has 3 N–H and O–H groups in total. The number of nitrogens with zero attached hydrogens (tertiary/aromatic N) is 1. The van der Waals surface area contributed by atoms with Gasteiger partial charge in [0.2, 0.25) is 11.8 Å². The lowest BCUT2D eigenvalue weighted by atomic mass is 10.1. The predicted molar refractivity (Wildman–Crippen MR) is 105 cm³/mol. The standard InChI is InChI=1S/C20H23N3O2.ClH/c21-18(13-15-6-2-1-3-7-15)20(25)22-14-16-8-4-9-17(12-16)23-11-5-10-19(23)24;/h1-4,6-9,12,18H,5,10-11,13-14,21H2,(H,22,25);1H. The molecule has 0 bridgehead atoms. The van der Waals surface area contributed by atoms with Crippen molar-refractivity contribution in [2.24, 2.45) is 5.73 Å². The number of nitrogens with one attached hydrogen (secondary N) is 1. The van der Waals surface area contributed by atoms with E-state index < -0.39 is 6.04 Å². The molecule has 0 radical (unpaired) electrons. The molecule has 1 atom stereocenters. The number of hydrogen-bond donors (Lipinski definition) is 2. The first-order valence-electron chi connectivity index (χ1n) is 8.60. The van der Waals surface area contributed by atoms with Crippen LogP contribution in [0.4, 0.5) is 5.69 Å². The summed E-state index contributed by atoms with van der Waals surface area (Å²) >= 11 is 0. The molecule has 1 unspecified atom stereocenters. The third-order valence-corrected chi connectivity index (χ3v) is 4.40. The van der Waals surface area contributed by atoms with Crippen LogP contribution in [0.3, 0.4) is 0 Å². The van der Waals surface area contributed by atoms with E-state index in [-0.39, 0.29) is 24.2 Å². The third kappa shape index (κ3) is 5.07. The number of nitrogens with two attached hydrogens (primary N) is 1. The van der Waals surface area contributed by atoms with Gasteiger partial charge in [-0.05, 0) is 36.1 Å². The van der Waals surface area contributed by atoms with Crippen LogP contribution in [0, 0.1) is 0 Å². The fraction of sp³-hybridized carbons (Fsp3) is 0.300. The summed E-state index contributed by atoms with van der Waals surface area (Å²) in [4.78, 5) is 25.9. The lowest BCUT2D eigenvalue weighted by molar-refractivity contribution is -0.122. The highest BCUT2D eigenvalue weighted by Crippen LogP contribution is 2.22. The maximum absolute atomic E-state index is 12.2. The third-order valence-electron chi connectivity index (χ3n) is 4.40. The van der Waals surface area contributed by atoms with Crippen LogP contribution in [-0.2, 0) is 22.6 Å². The number of carbonyl (C=O) groups is 2. The molecule has 0 aromatic heterocycles. The van der Waals surface area contributed by atoms with E-state index in [1.807, 2.05) is 54.6 Å². The Morgan fingerprint density at radius 1 is 1.12 bits per heavy atom. The molecule has 1 saturated heterocycles. The van der Waals surface area contributed by atoms with Crippen molar-refractivity contribution >= 4 is 29.9 Å². The summed E-state index contributed by atoms with van der Waals surface area (Å²) in [5, 5.41) is 2.88. The topological polar surface area (TPSA) is 75.4 Å². The van der Waals surface area contributed by atoms with Crippen LogP contribution in [-0.4, -0.2) is 24.4 Å². The number of benzene rings is 2. The molecular weight excluding hydrogens is 350 g/mol. The van der Waals surface area contributed by atoms with Crippen molar-refractivity contribution in [2.45, 2.75) is 31.8 Å². The molecule has 138 valence electrons. The molecule has 2 aromatic rings. The average Bonchev–Trinajstić information content (AvgIpc) is 3.07. The van der Waals surface area contributed by atoms with Gasteiger partial charge in [-0.15, -0.1) is 12.4 Å². The highest BCUT2D eigenvalue weighted by Gasteiger charge is 2.21. The normalized spacial score (nSPS) is 14.7. The predicted octanol–water partition coefficient (Wildman–Crippen LogP) is 2.42. The summed E-state index contributed by atoms with van der Waals surface area (Å²) in [6, 6.07) is 16.9. The van der Waals surface area contributed by atoms with Gasteiger partial charge in [0.15, 0.2) is 0 Å². The smallest absolute Gasteiger partial charge is 0.237 e. The Morgan fingerprint density at radius 2 is 1.85 bits per heavy atom. The van der Waals surface area contributed by atoms with Gasteiger partial charge in [-0.1, -0.05) is 42.5 Å². The highest BCUT2D eigenvalue weighted by molar-refractivity contribution is 5.95. The zero-order valence-electron chi connectivity index (χ0n) is 14.6. The minimum absolute atomic E-state index is 0. The summed E-state index contributed by atoms with van der Waals surface area (Å²) in [5.41, 5.74) is 8.88. The van der Waals surface area contributed by atoms with Gasteiger partial charge in [0.1, 0.15) is 0 Å². The molecule has 6 heteroatoms. The van der Waals surface area contributed by atoms with Crippen LogP contribution in [0.1, 0.15) is 24.0 Å². The van der Waals surface area contributed by atoms with E-state index in [1.165, 1.54) is 0 Å². The molecule has 2 aromatic carbocycles. The number of hydrogen-bond acceptors (Lipinski definition) is 3. The number of halogens is 1. The van der Waals surface area contributed by atoms with Crippen molar-refractivity contribution in [1.29, 1.82) is 0 Å². The highest BCUT2D eigenvalue weighted by atomic mass is 35.5. The maximum Gasteiger partial charge on any atom is 0.237 e. The summed E-state index contributed by atoms with van der Waals surface area (Å²) in [7, 11) is 0.